The van der Waals surface area contributed by atoms with Crippen molar-refractivity contribution < 1.29 is 9.18 Å². The number of nitrogens with zero attached hydrogens (tertiary/aromatic N) is 3. The summed E-state index contributed by atoms with van der Waals surface area (Å²) in [5.41, 5.74) is 1.80. The quantitative estimate of drug-likeness (QED) is 0.926. The third-order valence-corrected chi connectivity index (χ3v) is 3.84. The van der Waals surface area contributed by atoms with Crippen LogP contribution < -0.4 is 5.32 Å². The van der Waals surface area contributed by atoms with E-state index in [0.29, 0.717) is 19.0 Å². The van der Waals surface area contributed by atoms with Crippen molar-refractivity contribution in [3.05, 3.63) is 53.6 Å². The zero-order valence-electron chi connectivity index (χ0n) is 12.3. The van der Waals surface area contributed by atoms with Gasteiger partial charge < -0.3 is 10.2 Å². The van der Waals surface area contributed by atoms with Gasteiger partial charge in [-0.15, -0.1) is 0 Å². The van der Waals surface area contributed by atoms with Crippen LogP contribution in [-0.4, -0.2) is 27.3 Å². The number of rotatable bonds is 2. The van der Waals surface area contributed by atoms with Gasteiger partial charge in [-0.25, -0.2) is 14.4 Å². The second kappa shape index (κ2) is 6.09. The lowest BCUT2D eigenvalue weighted by Gasteiger charge is -2.19. The number of nitrogens with one attached hydrogen (secondary N) is 1. The van der Waals surface area contributed by atoms with Gasteiger partial charge in [-0.3, -0.25) is 4.79 Å². The number of halogens is 1. The summed E-state index contributed by atoms with van der Waals surface area (Å²) in [6.07, 6.45) is 4.05. The highest BCUT2D eigenvalue weighted by Gasteiger charge is 2.24. The maximum atomic E-state index is 13.6. The van der Waals surface area contributed by atoms with Crippen molar-refractivity contribution in [3.8, 4) is 0 Å². The summed E-state index contributed by atoms with van der Waals surface area (Å²) in [4.78, 5) is 21.8. The highest BCUT2D eigenvalue weighted by atomic mass is 19.1. The number of aromatic nitrogens is 2. The van der Waals surface area contributed by atoms with Crippen molar-refractivity contribution in [2.24, 2.45) is 0 Å². The maximum Gasteiger partial charge on any atom is 0.223 e. The molecule has 0 fully saturated rings. The van der Waals surface area contributed by atoms with Crippen LogP contribution in [-0.2, 0) is 11.3 Å². The first-order valence-corrected chi connectivity index (χ1v) is 7.21. The van der Waals surface area contributed by atoms with Crippen LogP contribution >= 0.6 is 0 Å². The molecule has 2 aromatic rings. The molecule has 1 amide bonds. The summed E-state index contributed by atoms with van der Waals surface area (Å²) in [6.45, 7) is 2.57. The molecular weight excluding hydrogens is 283 g/mol. The number of fused-ring (bicyclic) bond motifs is 1. The van der Waals surface area contributed by atoms with E-state index in [1.165, 1.54) is 19.1 Å². The molecule has 22 heavy (non-hydrogen) atoms. The molecule has 1 aliphatic heterocycles. The van der Waals surface area contributed by atoms with Crippen LogP contribution in [0.3, 0.4) is 0 Å². The summed E-state index contributed by atoms with van der Waals surface area (Å²) in [6, 6.07) is 6.41. The lowest BCUT2D eigenvalue weighted by atomic mass is 9.99. The average Bonchev–Trinajstić information content (AvgIpc) is 2.68. The molecule has 0 saturated heterocycles. The van der Waals surface area contributed by atoms with Crippen molar-refractivity contribution in [3.63, 3.8) is 0 Å². The van der Waals surface area contributed by atoms with E-state index in [-0.39, 0.29) is 17.8 Å². The molecule has 1 N–H and O–H groups in total. The molecule has 1 aliphatic rings. The average molecular weight is 300 g/mol. The fourth-order valence-corrected chi connectivity index (χ4v) is 2.72. The molecule has 0 saturated carbocycles. The van der Waals surface area contributed by atoms with Gasteiger partial charge in [0.15, 0.2) is 0 Å². The Bertz CT molecular complexity index is 677. The molecule has 114 valence electrons. The largest absolute Gasteiger partial charge is 0.347 e. The molecule has 3 rings (SSSR count). The first-order valence-electron chi connectivity index (χ1n) is 7.21. The molecule has 1 aromatic carbocycles. The molecule has 5 nitrogen and oxygen atoms in total. The Hall–Kier alpha value is -2.50. The predicted octanol–water partition coefficient (Wildman–Crippen LogP) is 2.52. The SMILES string of the molecule is CC(=O)N1CCC(Nc2ncccn2)c2ccc(F)cc2C1. The smallest absolute Gasteiger partial charge is 0.223 e. The molecule has 0 radical (unpaired) electrons. The topological polar surface area (TPSA) is 58.1 Å². The van der Waals surface area contributed by atoms with Gasteiger partial charge >= 0.3 is 0 Å². The van der Waals surface area contributed by atoms with E-state index in [4.69, 9.17) is 0 Å². The number of carbonyl (C=O) groups excluding carboxylic acids is 1. The number of benzene rings is 1. The Morgan fingerprint density at radius 1 is 1.36 bits per heavy atom. The van der Waals surface area contributed by atoms with E-state index in [1.54, 1.807) is 29.4 Å². The van der Waals surface area contributed by atoms with Crippen LogP contribution in [0.2, 0.25) is 0 Å². The third-order valence-electron chi connectivity index (χ3n) is 3.84. The van der Waals surface area contributed by atoms with Gasteiger partial charge in [0.2, 0.25) is 11.9 Å². The fraction of sp³-hybridized carbons (Fsp3) is 0.312. The van der Waals surface area contributed by atoms with Gasteiger partial charge in [0.1, 0.15) is 5.82 Å². The molecule has 1 atom stereocenters. The second-order valence-corrected chi connectivity index (χ2v) is 5.34. The summed E-state index contributed by atoms with van der Waals surface area (Å²) < 4.78 is 13.6. The summed E-state index contributed by atoms with van der Waals surface area (Å²) in [7, 11) is 0. The zero-order valence-corrected chi connectivity index (χ0v) is 12.3. The summed E-state index contributed by atoms with van der Waals surface area (Å²) in [5.74, 6) is 0.227. The molecular formula is C16H17FN4O. The van der Waals surface area contributed by atoms with E-state index < -0.39 is 0 Å². The Balaban J connectivity index is 1.93. The minimum absolute atomic E-state index is 0.00757. The Morgan fingerprint density at radius 3 is 2.86 bits per heavy atom. The molecule has 1 unspecified atom stereocenters. The minimum Gasteiger partial charge on any atom is -0.347 e. The zero-order chi connectivity index (χ0) is 15.5. The van der Waals surface area contributed by atoms with Crippen molar-refractivity contribution in [1.82, 2.24) is 14.9 Å². The molecule has 0 aliphatic carbocycles. The van der Waals surface area contributed by atoms with E-state index >= 15 is 0 Å². The first kappa shape index (κ1) is 14.4. The Labute approximate surface area is 128 Å². The molecule has 6 heteroatoms. The predicted molar refractivity (Wildman–Crippen MR) is 80.5 cm³/mol. The van der Waals surface area contributed by atoms with Gasteiger partial charge in [-0.05, 0) is 35.7 Å². The molecule has 2 heterocycles. The van der Waals surface area contributed by atoms with E-state index in [1.807, 2.05) is 0 Å². The maximum absolute atomic E-state index is 13.6. The monoisotopic (exact) mass is 300 g/mol. The summed E-state index contributed by atoms with van der Waals surface area (Å²) in [5, 5.41) is 3.27. The van der Waals surface area contributed by atoms with Crippen molar-refractivity contribution in [2.75, 3.05) is 11.9 Å². The van der Waals surface area contributed by atoms with Crippen LogP contribution in [0.25, 0.3) is 0 Å². The van der Waals surface area contributed by atoms with Crippen LogP contribution in [0.15, 0.2) is 36.7 Å². The molecule has 0 spiro atoms. The van der Waals surface area contributed by atoms with Crippen molar-refractivity contribution >= 4 is 11.9 Å². The van der Waals surface area contributed by atoms with Gasteiger partial charge in [0.25, 0.3) is 0 Å². The van der Waals surface area contributed by atoms with E-state index in [9.17, 15) is 9.18 Å². The third kappa shape index (κ3) is 3.05. The van der Waals surface area contributed by atoms with Gasteiger partial charge in [-0.2, -0.15) is 0 Å². The molecule has 1 aromatic heterocycles. The van der Waals surface area contributed by atoms with Crippen LogP contribution in [0.4, 0.5) is 10.3 Å². The van der Waals surface area contributed by atoms with E-state index in [0.717, 1.165) is 17.5 Å². The van der Waals surface area contributed by atoms with Crippen LogP contribution in [0.1, 0.15) is 30.5 Å². The van der Waals surface area contributed by atoms with E-state index in [2.05, 4.69) is 15.3 Å². The number of hydrogen-bond acceptors (Lipinski definition) is 4. The number of carbonyl (C=O) groups is 1. The highest BCUT2D eigenvalue weighted by molar-refractivity contribution is 5.73. The van der Waals surface area contributed by atoms with Crippen molar-refractivity contribution in [2.45, 2.75) is 25.9 Å². The fourth-order valence-electron chi connectivity index (χ4n) is 2.72. The van der Waals surface area contributed by atoms with Gasteiger partial charge in [0.05, 0.1) is 6.04 Å². The van der Waals surface area contributed by atoms with Gasteiger partial charge in [-0.1, -0.05) is 6.07 Å². The normalized spacial score (nSPS) is 17.5. The first-order chi connectivity index (χ1) is 10.6. The number of amides is 1. The second-order valence-electron chi connectivity index (χ2n) is 5.34. The highest BCUT2D eigenvalue weighted by Crippen LogP contribution is 2.29. The Kier molecular flexibility index (Phi) is 4.00. The Morgan fingerprint density at radius 2 is 2.14 bits per heavy atom. The lowest BCUT2D eigenvalue weighted by Crippen LogP contribution is -2.28. The standard InChI is InChI=1S/C16H17FN4O/c1-11(22)21-8-5-15(20-16-18-6-2-7-19-16)14-4-3-13(17)9-12(14)10-21/h2-4,6-7,9,15H,5,8,10H2,1H3,(H,18,19,20). The number of anilines is 1. The van der Waals surface area contributed by atoms with Crippen LogP contribution in [0, 0.1) is 5.82 Å². The summed E-state index contributed by atoms with van der Waals surface area (Å²) >= 11 is 0. The van der Waals surface area contributed by atoms with Gasteiger partial charge in [0, 0.05) is 32.4 Å². The molecule has 0 bridgehead atoms. The minimum atomic E-state index is -0.293. The van der Waals surface area contributed by atoms with Crippen molar-refractivity contribution in [1.29, 1.82) is 0 Å². The lowest BCUT2D eigenvalue weighted by molar-refractivity contribution is -0.129. The number of hydrogen-bond donors (Lipinski definition) is 1. The van der Waals surface area contributed by atoms with Crippen LogP contribution in [0.5, 0.6) is 0 Å².